The van der Waals surface area contributed by atoms with Crippen LogP contribution in [0.3, 0.4) is 0 Å². The number of imidazole rings is 1. The van der Waals surface area contributed by atoms with Gasteiger partial charge < -0.3 is 10.0 Å². The van der Waals surface area contributed by atoms with Gasteiger partial charge in [-0.3, -0.25) is 9.55 Å². The first-order valence-corrected chi connectivity index (χ1v) is 22.7. The Hall–Kier alpha value is -6.29. The molecule has 0 aliphatic heterocycles. The minimum atomic E-state index is -0.159. The second kappa shape index (κ2) is 17.5. The van der Waals surface area contributed by atoms with Gasteiger partial charge in [0.05, 0.1) is 16.6 Å². The number of fused-ring (bicyclic) bond motifs is 2. The average Bonchev–Trinajstić information content (AvgIpc) is 3.64. The van der Waals surface area contributed by atoms with E-state index in [-0.39, 0.29) is 43.1 Å². The molecule has 9 rings (SSSR count). The first kappa shape index (κ1) is 46.2. The van der Waals surface area contributed by atoms with E-state index in [4.69, 9.17) is 9.97 Å². The van der Waals surface area contributed by atoms with Crippen molar-refractivity contribution in [3.05, 3.63) is 186 Å². The second-order valence-corrected chi connectivity index (χ2v) is 20.7. The first-order chi connectivity index (χ1) is 30.8. The number of pyridine rings is 1. The molecule has 6 heteroatoms. The Morgan fingerprint density at radius 3 is 1.67 bits per heavy atom. The van der Waals surface area contributed by atoms with Crippen molar-refractivity contribution in [1.29, 1.82) is 0 Å². The van der Waals surface area contributed by atoms with Crippen molar-refractivity contribution in [1.82, 2.24) is 14.5 Å². The number of anilines is 3. The molecule has 0 unspecified atom stereocenters. The molecule has 0 saturated heterocycles. The van der Waals surface area contributed by atoms with E-state index in [1.54, 1.807) is 0 Å². The molecule has 2 heterocycles. The van der Waals surface area contributed by atoms with Crippen LogP contribution in [0.5, 0.6) is 5.75 Å². The van der Waals surface area contributed by atoms with Crippen molar-refractivity contribution in [2.24, 2.45) is 0 Å². The Kier molecular flexibility index (Phi) is 12.3. The molecule has 0 aliphatic rings. The van der Waals surface area contributed by atoms with Crippen LogP contribution in [0.1, 0.15) is 90.1 Å². The molecule has 0 spiro atoms. The molecule has 0 saturated carbocycles. The molecule has 0 fully saturated rings. The van der Waals surface area contributed by atoms with E-state index in [9.17, 15) is 5.11 Å². The summed E-state index contributed by atoms with van der Waals surface area (Å²) >= 11 is 0. The molecule has 0 radical (unpaired) electrons. The molecule has 5 nitrogen and oxygen atoms in total. The maximum atomic E-state index is 11.8. The molecular weight excluding hydrogens is 988 g/mol. The van der Waals surface area contributed by atoms with E-state index in [0.29, 0.717) is 11.4 Å². The molecule has 9 aromatic rings. The third-order valence-corrected chi connectivity index (χ3v) is 12.5. The largest absolute Gasteiger partial charge is 0.507 e. The fraction of sp³-hybridized carbons (Fsp3) is 0.233. The van der Waals surface area contributed by atoms with Gasteiger partial charge in [0.25, 0.3) is 0 Å². The van der Waals surface area contributed by atoms with Gasteiger partial charge in [0.2, 0.25) is 0 Å². The number of para-hydroxylation sites is 2. The molecule has 336 valence electrons. The van der Waals surface area contributed by atoms with E-state index in [1.807, 2.05) is 18.3 Å². The summed E-state index contributed by atoms with van der Waals surface area (Å²) in [6.07, 6.45) is 1.94. The monoisotopic (exact) mass is 1050 g/mol. The smallest absolute Gasteiger partial charge is 0.148 e. The van der Waals surface area contributed by atoms with Crippen molar-refractivity contribution < 1.29 is 26.2 Å². The molecule has 0 bridgehead atoms. The normalized spacial score (nSPS) is 12.1. The van der Waals surface area contributed by atoms with Gasteiger partial charge in [-0.25, -0.2) is 4.98 Å². The van der Waals surface area contributed by atoms with Crippen LogP contribution < -0.4 is 4.90 Å². The zero-order valence-corrected chi connectivity index (χ0v) is 42.3. The Balaban J connectivity index is 0.00000592. The SMILES string of the molecule is Cc1cc(-c2cc(C)cc3c(C(C)(C)C)ccnc23)[c-]c(-c2cc(N(c3ccccc3)c3ccccc3)cc3c2nc(-c2cc(C(C)(C)C)ccc2O)n3-c2ccc(C(C)(C)C)cc2)c1.[Pt]. The third-order valence-electron chi connectivity index (χ3n) is 12.5. The Morgan fingerprint density at radius 2 is 1.09 bits per heavy atom. The van der Waals surface area contributed by atoms with Gasteiger partial charge in [0, 0.05) is 55.5 Å². The van der Waals surface area contributed by atoms with Crippen molar-refractivity contribution in [3.63, 3.8) is 0 Å². The maximum absolute atomic E-state index is 11.8. The Bertz CT molecular complexity index is 3180. The number of phenolic OH excluding ortho intramolecular Hbond substituents is 1. The molecular formula is C60H59N4OPt-. The number of phenols is 1. The van der Waals surface area contributed by atoms with Crippen LogP contribution in [0.2, 0.25) is 0 Å². The molecule has 2 aromatic heterocycles. The van der Waals surface area contributed by atoms with Gasteiger partial charge in [-0.2, -0.15) is 0 Å². The van der Waals surface area contributed by atoms with E-state index >= 15 is 0 Å². The van der Waals surface area contributed by atoms with Crippen LogP contribution in [0.25, 0.3) is 61.3 Å². The van der Waals surface area contributed by atoms with Crippen molar-refractivity contribution in [3.8, 4) is 45.1 Å². The zero-order valence-electron chi connectivity index (χ0n) is 40.0. The van der Waals surface area contributed by atoms with E-state index in [1.165, 1.54) is 16.7 Å². The number of hydrogen-bond donors (Lipinski definition) is 1. The molecule has 1 N–H and O–H groups in total. The average molecular weight is 1050 g/mol. The molecule has 66 heavy (non-hydrogen) atoms. The van der Waals surface area contributed by atoms with E-state index in [2.05, 4.69) is 225 Å². The Labute approximate surface area is 405 Å². The predicted octanol–water partition coefficient (Wildman–Crippen LogP) is 16.1. The van der Waals surface area contributed by atoms with Gasteiger partial charge in [-0.05, 0) is 106 Å². The summed E-state index contributed by atoms with van der Waals surface area (Å²) in [5.74, 6) is 0.837. The summed E-state index contributed by atoms with van der Waals surface area (Å²) in [7, 11) is 0. The zero-order chi connectivity index (χ0) is 46.0. The fourth-order valence-electron chi connectivity index (χ4n) is 9.10. The summed E-state index contributed by atoms with van der Waals surface area (Å²) in [5.41, 5.74) is 16.8. The molecule has 0 atom stereocenters. The molecule has 0 aliphatic carbocycles. The van der Waals surface area contributed by atoms with Crippen LogP contribution >= 0.6 is 0 Å². The summed E-state index contributed by atoms with van der Waals surface area (Å²) in [6, 6.07) is 55.4. The summed E-state index contributed by atoms with van der Waals surface area (Å²) in [6.45, 7) is 24.4. The fourth-order valence-corrected chi connectivity index (χ4v) is 9.10. The topological polar surface area (TPSA) is 54.2 Å². The molecule has 7 aromatic carbocycles. The number of hydrogen-bond acceptors (Lipinski definition) is 4. The van der Waals surface area contributed by atoms with Crippen molar-refractivity contribution in [2.75, 3.05) is 4.90 Å². The summed E-state index contributed by atoms with van der Waals surface area (Å²) in [5, 5.41) is 13.0. The van der Waals surface area contributed by atoms with Crippen LogP contribution in [-0.4, -0.2) is 19.6 Å². The minimum Gasteiger partial charge on any atom is -0.507 e. The van der Waals surface area contributed by atoms with Crippen LogP contribution in [-0.2, 0) is 37.3 Å². The van der Waals surface area contributed by atoms with Crippen molar-refractivity contribution >= 4 is 39.0 Å². The second-order valence-electron chi connectivity index (χ2n) is 20.7. The number of aromatic nitrogens is 3. The minimum absolute atomic E-state index is 0. The number of aromatic hydroxyl groups is 1. The number of benzene rings is 7. The van der Waals surface area contributed by atoms with Crippen LogP contribution in [0, 0.1) is 19.9 Å². The van der Waals surface area contributed by atoms with Gasteiger partial charge in [-0.15, -0.1) is 34.9 Å². The van der Waals surface area contributed by atoms with Gasteiger partial charge in [0.1, 0.15) is 11.6 Å². The van der Waals surface area contributed by atoms with Crippen LogP contribution in [0.15, 0.2) is 152 Å². The number of rotatable bonds is 7. The van der Waals surface area contributed by atoms with Crippen LogP contribution in [0.4, 0.5) is 17.1 Å². The van der Waals surface area contributed by atoms with E-state index in [0.717, 1.165) is 78.1 Å². The van der Waals surface area contributed by atoms with Gasteiger partial charge in [-0.1, -0.05) is 159 Å². The maximum Gasteiger partial charge on any atom is 0.148 e. The van der Waals surface area contributed by atoms with Gasteiger partial charge in [0.15, 0.2) is 0 Å². The number of nitrogens with zero attached hydrogens (tertiary/aromatic N) is 4. The quantitative estimate of drug-likeness (QED) is 0.162. The third kappa shape index (κ3) is 8.86. The first-order valence-electron chi connectivity index (χ1n) is 22.7. The van der Waals surface area contributed by atoms with E-state index < -0.39 is 0 Å². The van der Waals surface area contributed by atoms with Crippen molar-refractivity contribution in [2.45, 2.75) is 92.4 Å². The summed E-state index contributed by atoms with van der Waals surface area (Å²) in [4.78, 5) is 13.0. The predicted molar refractivity (Wildman–Crippen MR) is 273 cm³/mol. The Morgan fingerprint density at radius 1 is 0.530 bits per heavy atom. The number of aryl methyl sites for hydroxylation is 2. The molecule has 0 amide bonds. The standard InChI is InChI=1S/C60H59N4O.Pt/c1-38-30-40(48-32-39(2)33-50-52(60(9,10)11)28-29-61-55(48)50)34-41(31-38)49-36-47(63(44-18-14-12-15-19-44)45-20-16-13-17-21-45)37-53-56(49)62-57(51-35-43(59(6,7)8)24-27-54(51)65)64(53)46-25-22-42(23-26-46)58(3,4)5;/h12-33,35-37,65H,1-11H3;/q-1;. The summed E-state index contributed by atoms with van der Waals surface area (Å²) < 4.78 is 2.23. The van der Waals surface area contributed by atoms with Gasteiger partial charge >= 0.3 is 0 Å².